The Morgan fingerprint density at radius 1 is 0.341 bits per heavy atom. The highest BCUT2D eigenvalue weighted by Gasteiger charge is 2.49. The predicted octanol–water partition coefficient (Wildman–Crippen LogP) is 21.6. The third-order valence-electron chi connectivity index (χ3n) is 16.8. The molecule has 2 aliphatic carbocycles. The van der Waals surface area contributed by atoms with Gasteiger partial charge in [0.1, 0.15) is 11.2 Å². The Kier molecular flexibility index (Phi) is 12.2. The molecule has 13 aromatic rings. The van der Waals surface area contributed by atoms with Gasteiger partial charge >= 0.3 is 0 Å². The molecule has 15 rings (SSSR count). The van der Waals surface area contributed by atoms with Crippen molar-refractivity contribution in [2.75, 3.05) is 9.80 Å². The molecule has 0 aliphatic heterocycles. The molecule has 0 N–H and O–H groups in total. The highest BCUT2D eigenvalue weighted by Crippen LogP contribution is 2.62. The normalized spacial score (nSPS) is 13.1. The molecular weight excluding hydrogens is 993 g/mol. The summed E-state index contributed by atoms with van der Waals surface area (Å²) >= 11 is 0. The Morgan fingerprint density at radius 3 is 1.26 bits per heavy atom. The summed E-state index contributed by atoms with van der Waals surface area (Å²) in [5, 5.41) is 2.13. The zero-order valence-electron chi connectivity index (χ0n) is 45.2. The van der Waals surface area contributed by atoms with E-state index in [-0.39, 0.29) is 0 Å². The van der Waals surface area contributed by atoms with Gasteiger partial charge in [0.2, 0.25) is 0 Å². The van der Waals surface area contributed by atoms with E-state index in [0.717, 1.165) is 91.2 Å². The molecule has 388 valence electrons. The third-order valence-corrected chi connectivity index (χ3v) is 16.8. The van der Waals surface area contributed by atoms with Crippen molar-refractivity contribution >= 4 is 61.6 Å². The fraction of sp³-hybridized carbons (Fsp3) is 0.0380. The largest absolute Gasteiger partial charge is 0.455 e. The lowest BCUT2D eigenvalue weighted by Gasteiger charge is -2.36. The standard InChI is InChI=1S/C79H56N2O/c1-7-21-55(22-8-1)59-35-43-65(44-36-59)80(66-45-37-60(38-46-66)56-23-9-2-10-24-56)69-51-52-70-72(53-69)79(63-29-15-5-16-30-63,64-31-17-6-18-32-64)73-54-74(77-71-33-19-20-34-75(71)82-78(77)76(70)73)81(67-47-39-61(40-48-67)57-25-11-3-12-26-57)68-49-41-62(42-50-68)58-27-13-4-14-28-58/h1-3,5-13,15-54H,4,14H2. The molecule has 0 atom stereocenters. The number of furan rings is 1. The second kappa shape index (κ2) is 20.6. The van der Waals surface area contributed by atoms with Crippen LogP contribution in [0.4, 0.5) is 34.1 Å². The zero-order chi connectivity index (χ0) is 54.4. The van der Waals surface area contributed by atoms with Gasteiger partial charge in [-0.15, -0.1) is 0 Å². The number of rotatable bonds is 12. The molecule has 0 fully saturated rings. The van der Waals surface area contributed by atoms with Gasteiger partial charge in [-0.25, -0.2) is 0 Å². The molecule has 0 unspecified atom stereocenters. The van der Waals surface area contributed by atoms with Crippen molar-refractivity contribution in [2.45, 2.75) is 18.3 Å². The predicted molar refractivity (Wildman–Crippen MR) is 343 cm³/mol. The van der Waals surface area contributed by atoms with Crippen LogP contribution in [-0.4, -0.2) is 0 Å². The van der Waals surface area contributed by atoms with Gasteiger partial charge in [-0.2, -0.15) is 0 Å². The van der Waals surface area contributed by atoms with Crippen molar-refractivity contribution in [1.29, 1.82) is 0 Å². The molecule has 0 radical (unpaired) electrons. The van der Waals surface area contributed by atoms with Crippen LogP contribution < -0.4 is 9.80 Å². The van der Waals surface area contributed by atoms with Crippen LogP contribution in [0.25, 0.3) is 72.0 Å². The van der Waals surface area contributed by atoms with Gasteiger partial charge in [0, 0.05) is 39.4 Å². The summed E-state index contributed by atoms with van der Waals surface area (Å²) in [6.45, 7) is 0. The molecule has 1 aromatic heterocycles. The van der Waals surface area contributed by atoms with E-state index in [1.807, 2.05) is 0 Å². The Hall–Kier alpha value is -10.5. The van der Waals surface area contributed by atoms with Crippen molar-refractivity contribution < 1.29 is 4.42 Å². The van der Waals surface area contributed by atoms with E-state index >= 15 is 0 Å². The van der Waals surface area contributed by atoms with E-state index in [0.29, 0.717) is 0 Å². The first-order chi connectivity index (χ1) is 40.7. The Balaban J connectivity index is 0.995. The Labute approximate surface area is 479 Å². The molecule has 0 spiro atoms. The average Bonchev–Trinajstić information content (AvgIpc) is 1.75. The van der Waals surface area contributed by atoms with Gasteiger partial charge in [0.25, 0.3) is 0 Å². The monoisotopic (exact) mass is 1050 g/mol. The van der Waals surface area contributed by atoms with E-state index in [4.69, 9.17) is 4.42 Å². The molecule has 12 aromatic carbocycles. The van der Waals surface area contributed by atoms with E-state index < -0.39 is 5.41 Å². The number of allylic oxidation sites excluding steroid dienone is 4. The number of para-hydroxylation sites is 1. The lowest BCUT2D eigenvalue weighted by Crippen LogP contribution is -2.29. The van der Waals surface area contributed by atoms with Crippen LogP contribution in [0.15, 0.2) is 320 Å². The zero-order valence-corrected chi connectivity index (χ0v) is 45.2. The lowest BCUT2D eigenvalue weighted by atomic mass is 9.67. The number of anilines is 6. The quantitative estimate of drug-likeness (QED) is 0.122. The topological polar surface area (TPSA) is 19.6 Å². The summed E-state index contributed by atoms with van der Waals surface area (Å²) in [7, 11) is 0. The van der Waals surface area contributed by atoms with Gasteiger partial charge in [-0.3, -0.25) is 0 Å². The minimum atomic E-state index is -0.808. The summed E-state index contributed by atoms with van der Waals surface area (Å²) < 4.78 is 7.41. The average molecular weight is 1050 g/mol. The Morgan fingerprint density at radius 2 is 0.768 bits per heavy atom. The van der Waals surface area contributed by atoms with Crippen LogP contribution in [0.3, 0.4) is 0 Å². The summed E-state index contributed by atoms with van der Waals surface area (Å²) in [5.74, 6) is 0. The van der Waals surface area contributed by atoms with Crippen LogP contribution in [0.2, 0.25) is 0 Å². The lowest BCUT2D eigenvalue weighted by molar-refractivity contribution is 0.669. The highest BCUT2D eigenvalue weighted by molar-refractivity contribution is 6.19. The summed E-state index contributed by atoms with van der Waals surface area (Å²) in [5.41, 5.74) is 23.6. The molecule has 0 bridgehead atoms. The summed E-state index contributed by atoms with van der Waals surface area (Å²) in [6, 6.07) is 109. The maximum absolute atomic E-state index is 7.41. The Bertz CT molecular complexity index is 4370. The van der Waals surface area contributed by atoms with E-state index in [1.54, 1.807) is 0 Å². The number of benzene rings is 12. The minimum Gasteiger partial charge on any atom is -0.455 e. The van der Waals surface area contributed by atoms with Crippen molar-refractivity contribution in [3.63, 3.8) is 0 Å². The molecular formula is C79H56N2O. The van der Waals surface area contributed by atoms with Crippen LogP contribution in [-0.2, 0) is 5.41 Å². The second-order valence-corrected chi connectivity index (χ2v) is 21.4. The fourth-order valence-corrected chi connectivity index (χ4v) is 12.9. The van der Waals surface area contributed by atoms with Gasteiger partial charge in [0.05, 0.1) is 16.5 Å². The molecule has 2 aliphatic rings. The number of hydrogen-bond donors (Lipinski definition) is 0. The van der Waals surface area contributed by atoms with Gasteiger partial charge in [-0.1, -0.05) is 243 Å². The van der Waals surface area contributed by atoms with Crippen molar-refractivity contribution in [3.8, 4) is 44.5 Å². The van der Waals surface area contributed by atoms with Gasteiger partial charge < -0.3 is 14.2 Å². The molecule has 3 heteroatoms. The van der Waals surface area contributed by atoms with Crippen molar-refractivity contribution in [1.82, 2.24) is 0 Å². The second-order valence-electron chi connectivity index (χ2n) is 21.4. The highest BCUT2D eigenvalue weighted by atomic mass is 16.3. The van der Waals surface area contributed by atoms with E-state index in [2.05, 4.69) is 325 Å². The van der Waals surface area contributed by atoms with Crippen LogP contribution >= 0.6 is 0 Å². The molecule has 0 saturated carbocycles. The number of nitrogens with zero attached hydrogens (tertiary/aromatic N) is 2. The molecule has 0 amide bonds. The maximum atomic E-state index is 7.41. The van der Waals surface area contributed by atoms with Crippen LogP contribution in [0.5, 0.6) is 0 Å². The van der Waals surface area contributed by atoms with Crippen molar-refractivity contribution in [3.05, 3.63) is 343 Å². The summed E-state index contributed by atoms with van der Waals surface area (Å²) in [4.78, 5) is 4.88. The molecule has 3 nitrogen and oxygen atoms in total. The summed E-state index contributed by atoms with van der Waals surface area (Å²) in [6.07, 6.45) is 9.02. The van der Waals surface area contributed by atoms with E-state index in [9.17, 15) is 0 Å². The molecule has 82 heavy (non-hydrogen) atoms. The molecule has 1 heterocycles. The SMILES string of the molecule is C1=CC(c2ccc(N(c3ccc(-c4ccccc4)cc3)c3cc4c(c5oc6ccccc6c35)-c3ccc(N(c5ccc(-c6ccccc6)cc5)c5ccc(-c6ccccc6)cc5)cc3C4(c3ccccc3)c3ccccc3)cc2)=CCC1. The number of fused-ring (bicyclic) bond motifs is 7. The molecule has 0 saturated heterocycles. The first-order valence-electron chi connectivity index (χ1n) is 28.5. The minimum absolute atomic E-state index is 0.808. The first kappa shape index (κ1) is 48.6. The fourth-order valence-electron chi connectivity index (χ4n) is 12.9. The van der Waals surface area contributed by atoms with Crippen LogP contribution in [0.1, 0.15) is 40.7 Å². The first-order valence-corrected chi connectivity index (χ1v) is 28.5. The maximum Gasteiger partial charge on any atom is 0.145 e. The van der Waals surface area contributed by atoms with Crippen LogP contribution in [0, 0.1) is 0 Å². The van der Waals surface area contributed by atoms with Gasteiger partial charge in [-0.05, 0) is 158 Å². The van der Waals surface area contributed by atoms with Crippen molar-refractivity contribution in [2.24, 2.45) is 0 Å². The van der Waals surface area contributed by atoms with Gasteiger partial charge in [0.15, 0.2) is 0 Å². The third kappa shape index (κ3) is 8.37. The number of hydrogen-bond acceptors (Lipinski definition) is 3. The van der Waals surface area contributed by atoms with E-state index in [1.165, 1.54) is 55.6 Å². The smallest absolute Gasteiger partial charge is 0.145 e.